The molecule has 0 unspecified atom stereocenters. The first-order valence-electron chi connectivity index (χ1n) is 5.13. The Hall–Kier alpha value is -1.53. The van der Waals surface area contributed by atoms with Crippen LogP contribution in [0.3, 0.4) is 0 Å². The maximum absolute atomic E-state index is 5.32. The summed E-state index contributed by atoms with van der Waals surface area (Å²) in [6.07, 6.45) is 2.52. The highest BCUT2D eigenvalue weighted by molar-refractivity contribution is 5.79. The minimum absolute atomic E-state index is 0.462. The predicted octanol–water partition coefficient (Wildman–Crippen LogP) is 0.225. The smallest absolute Gasteiger partial charge is 0.206 e. The van der Waals surface area contributed by atoms with Crippen LogP contribution < -0.4 is 16.6 Å². The summed E-state index contributed by atoms with van der Waals surface area (Å²) in [4.78, 5) is 4.22. The van der Waals surface area contributed by atoms with Crippen LogP contribution in [-0.2, 0) is 11.3 Å². The second-order valence-corrected chi connectivity index (χ2v) is 3.16. The molecule has 0 saturated heterocycles. The molecule has 0 radical (unpaired) electrons. The van der Waals surface area contributed by atoms with Crippen LogP contribution in [0.2, 0.25) is 0 Å². The summed E-state index contributed by atoms with van der Waals surface area (Å²) in [6, 6.07) is 3.69. The Labute approximate surface area is 94.8 Å². The molecule has 0 aromatic carbocycles. The average Bonchev–Trinajstić information content (AvgIpc) is 2.81. The number of hydrogen-bond acceptors (Lipinski definition) is 4. The summed E-state index contributed by atoms with van der Waals surface area (Å²) in [7, 11) is 1.67. The van der Waals surface area contributed by atoms with Crippen LogP contribution in [0.15, 0.2) is 27.8 Å². The van der Waals surface area contributed by atoms with Crippen molar-refractivity contribution in [3.8, 4) is 0 Å². The van der Waals surface area contributed by atoms with Crippen molar-refractivity contribution in [1.29, 1.82) is 0 Å². The van der Waals surface area contributed by atoms with Crippen LogP contribution in [-0.4, -0.2) is 26.2 Å². The molecule has 1 aromatic rings. The van der Waals surface area contributed by atoms with Crippen LogP contribution in [0.1, 0.15) is 12.2 Å². The second kappa shape index (κ2) is 7.72. The van der Waals surface area contributed by atoms with Gasteiger partial charge in [-0.05, 0) is 18.6 Å². The molecule has 1 aromatic heterocycles. The van der Waals surface area contributed by atoms with E-state index in [0.29, 0.717) is 19.1 Å². The van der Waals surface area contributed by atoms with E-state index in [9.17, 15) is 0 Å². The Morgan fingerprint density at radius 2 is 2.50 bits per heavy atom. The van der Waals surface area contributed by atoms with Gasteiger partial charge in [-0.15, -0.1) is 0 Å². The summed E-state index contributed by atoms with van der Waals surface area (Å²) in [5.74, 6) is 6.67. The van der Waals surface area contributed by atoms with Crippen LogP contribution in [0.4, 0.5) is 0 Å². The fraction of sp³-hybridized carbons (Fsp3) is 0.500. The van der Waals surface area contributed by atoms with Crippen LogP contribution >= 0.6 is 0 Å². The van der Waals surface area contributed by atoms with Crippen molar-refractivity contribution >= 4 is 5.96 Å². The summed E-state index contributed by atoms with van der Waals surface area (Å²) in [5, 5.41) is 3.06. The molecular weight excluding hydrogens is 208 g/mol. The van der Waals surface area contributed by atoms with Gasteiger partial charge in [-0.1, -0.05) is 0 Å². The van der Waals surface area contributed by atoms with Crippen LogP contribution in [0.5, 0.6) is 0 Å². The van der Waals surface area contributed by atoms with Gasteiger partial charge in [0.25, 0.3) is 0 Å². The third kappa shape index (κ3) is 4.81. The maximum Gasteiger partial charge on any atom is 0.206 e. The number of hydrazine groups is 1. The monoisotopic (exact) mass is 226 g/mol. The number of rotatable bonds is 6. The van der Waals surface area contributed by atoms with Crippen molar-refractivity contribution in [3.05, 3.63) is 24.2 Å². The van der Waals surface area contributed by atoms with Gasteiger partial charge in [0, 0.05) is 20.3 Å². The van der Waals surface area contributed by atoms with Gasteiger partial charge in [0.2, 0.25) is 5.96 Å². The number of nitrogens with zero attached hydrogens (tertiary/aromatic N) is 1. The zero-order valence-corrected chi connectivity index (χ0v) is 9.40. The van der Waals surface area contributed by atoms with E-state index >= 15 is 0 Å². The number of hydrogen-bond donors (Lipinski definition) is 3. The van der Waals surface area contributed by atoms with Crippen molar-refractivity contribution in [3.63, 3.8) is 0 Å². The quantitative estimate of drug-likeness (QED) is 0.212. The average molecular weight is 226 g/mol. The molecule has 1 rings (SSSR count). The summed E-state index contributed by atoms with van der Waals surface area (Å²) < 4.78 is 10.1. The second-order valence-electron chi connectivity index (χ2n) is 3.16. The van der Waals surface area contributed by atoms with Crippen LogP contribution in [0, 0.1) is 0 Å². The standard InChI is InChI=1S/C10H18N4O2/c1-15-6-3-5-12-10(14-11)13-8-9-4-2-7-16-9/h2,4,7H,3,5-6,8,11H2,1H3,(H2,12,13,14). The molecule has 0 atom stereocenters. The molecule has 0 fully saturated rings. The van der Waals surface area contributed by atoms with Gasteiger partial charge in [0.15, 0.2) is 0 Å². The van der Waals surface area contributed by atoms with Crippen molar-refractivity contribution < 1.29 is 9.15 Å². The molecule has 16 heavy (non-hydrogen) atoms. The van der Waals surface area contributed by atoms with Crippen molar-refractivity contribution in [1.82, 2.24) is 10.7 Å². The van der Waals surface area contributed by atoms with E-state index in [0.717, 1.165) is 18.7 Å². The fourth-order valence-electron chi connectivity index (χ4n) is 1.14. The van der Waals surface area contributed by atoms with E-state index in [1.54, 1.807) is 13.4 Å². The summed E-state index contributed by atoms with van der Waals surface area (Å²) >= 11 is 0. The normalized spacial score (nSPS) is 11.5. The maximum atomic E-state index is 5.32. The molecule has 0 saturated carbocycles. The molecule has 1 heterocycles. The van der Waals surface area contributed by atoms with E-state index in [-0.39, 0.29) is 0 Å². The van der Waals surface area contributed by atoms with Crippen molar-refractivity contribution in [2.24, 2.45) is 10.8 Å². The first kappa shape index (κ1) is 12.5. The number of aliphatic imine (C=N–C) groups is 1. The number of ether oxygens (including phenoxy) is 1. The lowest BCUT2D eigenvalue weighted by Crippen LogP contribution is -2.42. The third-order valence-electron chi connectivity index (χ3n) is 1.93. The Morgan fingerprint density at radius 3 is 3.12 bits per heavy atom. The minimum atomic E-state index is 0.462. The summed E-state index contributed by atoms with van der Waals surface area (Å²) in [5.41, 5.74) is 2.50. The minimum Gasteiger partial charge on any atom is -0.467 e. The van der Waals surface area contributed by atoms with Gasteiger partial charge < -0.3 is 14.5 Å². The molecule has 90 valence electrons. The zero-order chi connectivity index (χ0) is 11.6. The zero-order valence-electron chi connectivity index (χ0n) is 9.40. The molecule has 0 aliphatic heterocycles. The number of guanidine groups is 1. The molecule has 0 aliphatic carbocycles. The molecule has 0 amide bonds. The molecule has 4 N–H and O–H groups in total. The number of furan rings is 1. The van der Waals surface area contributed by atoms with Crippen LogP contribution in [0.25, 0.3) is 0 Å². The first-order valence-corrected chi connectivity index (χ1v) is 5.13. The van der Waals surface area contributed by atoms with Gasteiger partial charge in [-0.2, -0.15) is 0 Å². The van der Waals surface area contributed by atoms with Gasteiger partial charge in [-0.25, -0.2) is 10.8 Å². The highest BCUT2D eigenvalue weighted by Crippen LogP contribution is 2.00. The Morgan fingerprint density at radius 1 is 1.62 bits per heavy atom. The molecule has 6 nitrogen and oxygen atoms in total. The van der Waals surface area contributed by atoms with Gasteiger partial charge in [-0.3, -0.25) is 5.43 Å². The largest absolute Gasteiger partial charge is 0.467 e. The number of methoxy groups -OCH3 is 1. The fourth-order valence-corrected chi connectivity index (χ4v) is 1.14. The lowest BCUT2D eigenvalue weighted by Gasteiger charge is -2.08. The van der Waals surface area contributed by atoms with Crippen molar-refractivity contribution in [2.75, 3.05) is 20.3 Å². The van der Waals surface area contributed by atoms with Gasteiger partial charge in [0.05, 0.1) is 6.26 Å². The molecule has 0 bridgehead atoms. The first-order chi connectivity index (χ1) is 7.86. The van der Waals surface area contributed by atoms with Gasteiger partial charge >= 0.3 is 0 Å². The number of nitrogens with two attached hydrogens (primary N) is 1. The molecular formula is C10H18N4O2. The van der Waals surface area contributed by atoms with E-state index in [1.807, 2.05) is 12.1 Å². The Bertz CT molecular complexity index is 298. The van der Waals surface area contributed by atoms with E-state index in [2.05, 4.69) is 15.7 Å². The highest BCUT2D eigenvalue weighted by atomic mass is 16.5. The van der Waals surface area contributed by atoms with E-state index in [4.69, 9.17) is 15.0 Å². The SMILES string of the molecule is COCCCNC(=NCc1ccco1)NN. The highest BCUT2D eigenvalue weighted by Gasteiger charge is 1.97. The van der Waals surface area contributed by atoms with Crippen molar-refractivity contribution in [2.45, 2.75) is 13.0 Å². The summed E-state index contributed by atoms with van der Waals surface area (Å²) in [6.45, 7) is 1.93. The van der Waals surface area contributed by atoms with E-state index < -0.39 is 0 Å². The lowest BCUT2D eigenvalue weighted by molar-refractivity contribution is 0.195. The lowest BCUT2D eigenvalue weighted by atomic mass is 10.4. The predicted molar refractivity (Wildman–Crippen MR) is 61.7 cm³/mol. The third-order valence-corrected chi connectivity index (χ3v) is 1.93. The Balaban J connectivity index is 2.27. The van der Waals surface area contributed by atoms with Gasteiger partial charge in [0.1, 0.15) is 12.3 Å². The van der Waals surface area contributed by atoms with E-state index in [1.165, 1.54) is 0 Å². The molecule has 0 spiro atoms. The molecule has 0 aliphatic rings. The Kier molecular flexibility index (Phi) is 6.05. The topological polar surface area (TPSA) is 84.8 Å². The number of nitrogens with one attached hydrogen (secondary N) is 2. The molecule has 6 heteroatoms.